The molecule has 0 saturated carbocycles. The summed E-state index contributed by atoms with van der Waals surface area (Å²) < 4.78 is 1.66. The van der Waals surface area contributed by atoms with Crippen molar-refractivity contribution in [1.82, 2.24) is 24.9 Å². The maximum Gasteiger partial charge on any atom is 0.257 e. The molecule has 128 valence electrons. The second-order valence-electron chi connectivity index (χ2n) is 6.71. The van der Waals surface area contributed by atoms with Crippen molar-refractivity contribution in [2.24, 2.45) is 7.05 Å². The van der Waals surface area contributed by atoms with Crippen LogP contribution in [-0.2, 0) is 7.05 Å². The van der Waals surface area contributed by atoms with Crippen molar-refractivity contribution in [3.05, 3.63) is 59.5 Å². The van der Waals surface area contributed by atoms with Crippen molar-refractivity contribution in [2.75, 3.05) is 13.1 Å². The number of benzene rings is 1. The highest BCUT2D eigenvalue weighted by molar-refractivity contribution is 5.94. The van der Waals surface area contributed by atoms with E-state index in [2.05, 4.69) is 52.6 Å². The maximum absolute atomic E-state index is 12.5. The summed E-state index contributed by atoms with van der Waals surface area (Å²) in [5.41, 5.74) is 5.03. The van der Waals surface area contributed by atoms with Crippen LogP contribution in [0.2, 0.25) is 0 Å². The van der Waals surface area contributed by atoms with Gasteiger partial charge in [-0.25, -0.2) is 0 Å². The van der Waals surface area contributed by atoms with Gasteiger partial charge in [0.15, 0.2) is 0 Å². The zero-order valence-electron chi connectivity index (χ0n) is 14.4. The molecule has 0 bridgehead atoms. The number of nitrogens with zero attached hydrogens (tertiary/aromatic N) is 4. The molecule has 1 N–H and O–H groups in total. The van der Waals surface area contributed by atoms with Crippen molar-refractivity contribution < 1.29 is 4.79 Å². The van der Waals surface area contributed by atoms with E-state index >= 15 is 0 Å². The molecule has 25 heavy (non-hydrogen) atoms. The van der Waals surface area contributed by atoms with E-state index in [4.69, 9.17) is 0 Å². The Morgan fingerprint density at radius 1 is 1.28 bits per heavy atom. The number of rotatable bonds is 3. The van der Waals surface area contributed by atoms with Crippen molar-refractivity contribution in [3.63, 3.8) is 0 Å². The van der Waals surface area contributed by atoms with Crippen LogP contribution >= 0.6 is 0 Å². The summed E-state index contributed by atoms with van der Waals surface area (Å²) in [6.45, 7) is 3.55. The first kappa shape index (κ1) is 15.6. The molecular weight excluding hydrogens is 314 g/mol. The van der Waals surface area contributed by atoms with E-state index in [0.717, 1.165) is 29.9 Å². The number of likely N-dealkylation sites (tertiary alicyclic amines) is 1. The van der Waals surface area contributed by atoms with Crippen LogP contribution in [0.1, 0.15) is 34.0 Å². The van der Waals surface area contributed by atoms with Gasteiger partial charge in [0.1, 0.15) is 0 Å². The normalized spacial score (nSPS) is 17.2. The molecule has 1 aliphatic rings. The summed E-state index contributed by atoms with van der Waals surface area (Å²) in [5.74, 6) is 0.348. The van der Waals surface area contributed by atoms with Gasteiger partial charge in [0.05, 0.1) is 17.5 Å². The Morgan fingerprint density at radius 3 is 2.80 bits per heavy atom. The smallest absolute Gasteiger partial charge is 0.257 e. The Balaban J connectivity index is 1.47. The minimum absolute atomic E-state index is 0.0499. The average molecular weight is 335 g/mol. The first-order valence-corrected chi connectivity index (χ1v) is 8.50. The van der Waals surface area contributed by atoms with Gasteiger partial charge in [-0.3, -0.25) is 14.6 Å². The van der Waals surface area contributed by atoms with Gasteiger partial charge in [0.25, 0.3) is 5.91 Å². The Hall–Kier alpha value is -2.89. The Morgan fingerprint density at radius 2 is 2.08 bits per heavy atom. The van der Waals surface area contributed by atoms with Gasteiger partial charge in [0.2, 0.25) is 0 Å². The molecule has 1 aliphatic heterocycles. The fraction of sp³-hybridized carbons (Fsp3) is 0.316. The van der Waals surface area contributed by atoms with Crippen LogP contribution in [0.5, 0.6) is 0 Å². The number of carbonyl (C=O) groups is 1. The van der Waals surface area contributed by atoms with Gasteiger partial charge in [-0.2, -0.15) is 10.2 Å². The third-order valence-corrected chi connectivity index (χ3v) is 4.81. The number of aromatic nitrogens is 4. The molecule has 3 heterocycles. The van der Waals surface area contributed by atoms with Crippen LogP contribution in [0, 0.1) is 6.92 Å². The van der Waals surface area contributed by atoms with E-state index in [-0.39, 0.29) is 5.91 Å². The lowest BCUT2D eigenvalue weighted by Gasteiger charge is -2.14. The molecule has 1 atom stereocenters. The van der Waals surface area contributed by atoms with Gasteiger partial charge < -0.3 is 4.90 Å². The number of amides is 1. The zero-order valence-corrected chi connectivity index (χ0v) is 14.4. The summed E-state index contributed by atoms with van der Waals surface area (Å²) in [5, 5.41) is 11.7. The number of H-pyrrole nitrogens is 1. The van der Waals surface area contributed by atoms with Crippen molar-refractivity contribution in [1.29, 1.82) is 0 Å². The first-order chi connectivity index (χ1) is 12.1. The largest absolute Gasteiger partial charge is 0.338 e. The first-order valence-electron chi connectivity index (χ1n) is 8.50. The Kier molecular flexibility index (Phi) is 3.87. The lowest BCUT2D eigenvalue weighted by atomic mass is 10.0. The fourth-order valence-corrected chi connectivity index (χ4v) is 3.33. The zero-order chi connectivity index (χ0) is 17.4. The topological polar surface area (TPSA) is 66.8 Å². The molecule has 4 rings (SSSR count). The number of aromatic amines is 1. The van der Waals surface area contributed by atoms with E-state index in [1.165, 1.54) is 5.56 Å². The van der Waals surface area contributed by atoms with Gasteiger partial charge >= 0.3 is 0 Å². The third-order valence-electron chi connectivity index (χ3n) is 4.81. The number of nitrogens with one attached hydrogen (secondary N) is 1. The second kappa shape index (κ2) is 6.20. The molecule has 1 unspecified atom stereocenters. The summed E-state index contributed by atoms with van der Waals surface area (Å²) in [6.07, 6.45) is 4.34. The SMILES string of the molecule is Cc1ccc(-c2cc(C3CCN(C(=O)c4cnn(C)c4)C3)[nH]n2)cc1. The molecule has 1 aromatic carbocycles. The van der Waals surface area contributed by atoms with E-state index in [0.29, 0.717) is 18.0 Å². The number of hydrogen-bond donors (Lipinski definition) is 1. The molecule has 6 heteroatoms. The molecule has 1 fully saturated rings. The highest BCUT2D eigenvalue weighted by Gasteiger charge is 2.29. The fourth-order valence-electron chi connectivity index (χ4n) is 3.33. The quantitative estimate of drug-likeness (QED) is 0.800. The summed E-state index contributed by atoms with van der Waals surface area (Å²) in [6, 6.07) is 10.5. The minimum atomic E-state index is 0.0499. The summed E-state index contributed by atoms with van der Waals surface area (Å²) >= 11 is 0. The van der Waals surface area contributed by atoms with Crippen molar-refractivity contribution in [3.8, 4) is 11.3 Å². The molecule has 0 radical (unpaired) electrons. The van der Waals surface area contributed by atoms with Crippen molar-refractivity contribution >= 4 is 5.91 Å². The molecular formula is C19H21N5O. The number of aryl methyl sites for hydroxylation is 2. The number of carbonyl (C=O) groups excluding carboxylic acids is 1. The summed E-state index contributed by atoms with van der Waals surface area (Å²) in [4.78, 5) is 14.4. The molecule has 0 spiro atoms. The van der Waals surface area contributed by atoms with Gasteiger partial charge in [0, 0.05) is 43.5 Å². The highest BCUT2D eigenvalue weighted by Crippen LogP contribution is 2.29. The molecule has 3 aromatic rings. The van der Waals surface area contributed by atoms with E-state index in [9.17, 15) is 4.79 Å². The maximum atomic E-state index is 12.5. The van der Waals surface area contributed by atoms with Gasteiger partial charge in [-0.1, -0.05) is 29.8 Å². The third kappa shape index (κ3) is 3.07. The molecule has 1 amide bonds. The highest BCUT2D eigenvalue weighted by atomic mass is 16.2. The average Bonchev–Trinajstić information content (AvgIpc) is 3.35. The van der Waals surface area contributed by atoms with Crippen LogP contribution in [-0.4, -0.2) is 43.9 Å². The monoisotopic (exact) mass is 335 g/mol. The van der Waals surface area contributed by atoms with E-state index < -0.39 is 0 Å². The van der Waals surface area contributed by atoms with Crippen LogP contribution < -0.4 is 0 Å². The summed E-state index contributed by atoms with van der Waals surface area (Å²) in [7, 11) is 1.82. The Bertz CT molecular complexity index is 893. The predicted molar refractivity (Wildman–Crippen MR) is 95.2 cm³/mol. The van der Waals surface area contributed by atoms with Crippen LogP contribution in [0.4, 0.5) is 0 Å². The van der Waals surface area contributed by atoms with Crippen LogP contribution in [0.15, 0.2) is 42.7 Å². The molecule has 6 nitrogen and oxygen atoms in total. The lowest BCUT2D eigenvalue weighted by Crippen LogP contribution is -2.28. The van der Waals surface area contributed by atoms with Gasteiger partial charge in [-0.15, -0.1) is 0 Å². The molecule has 1 saturated heterocycles. The van der Waals surface area contributed by atoms with Crippen LogP contribution in [0.3, 0.4) is 0 Å². The van der Waals surface area contributed by atoms with E-state index in [1.54, 1.807) is 17.1 Å². The molecule has 0 aliphatic carbocycles. The second-order valence-corrected chi connectivity index (χ2v) is 6.71. The Labute approximate surface area is 146 Å². The lowest BCUT2D eigenvalue weighted by molar-refractivity contribution is 0.0790. The van der Waals surface area contributed by atoms with E-state index in [1.807, 2.05) is 11.9 Å². The standard InChI is InChI=1S/C19H21N5O/c1-13-3-5-14(6-4-13)17-9-18(22-21-17)15-7-8-24(12-15)19(25)16-10-20-23(2)11-16/h3-6,9-11,15H,7-8,12H2,1-2H3,(H,21,22). The minimum Gasteiger partial charge on any atom is -0.338 e. The number of hydrogen-bond acceptors (Lipinski definition) is 3. The molecule has 2 aromatic heterocycles. The van der Waals surface area contributed by atoms with Crippen molar-refractivity contribution in [2.45, 2.75) is 19.3 Å². The van der Waals surface area contributed by atoms with Gasteiger partial charge in [-0.05, 0) is 19.4 Å². The van der Waals surface area contributed by atoms with Crippen LogP contribution in [0.25, 0.3) is 11.3 Å². The predicted octanol–water partition coefficient (Wildman–Crippen LogP) is 2.75.